The van der Waals surface area contributed by atoms with E-state index >= 15 is 0 Å². The van der Waals surface area contributed by atoms with Crippen molar-refractivity contribution in [2.24, 2.45) is 0 Å². The number of hydrogen-bond acceptors (Lipinski definition) is 2. The molecular formula is C14H13FN2O. The Morgan fingerprint density at radius 3 is 2.56 bits per heavy atom. The third kappa shape index (κ3) is 2.48. The van der Waals surface area contributed by atoms with E-state index in [-0.39, 0.29) is 11.7 Å². The second kappa shape index (κ2) is 4.87. The molecule has 0 aromatic heterocycles. The van der Waals surface area contributed by atoms with E-state index in [4.69, 9.17) is 5.73 Å². The zero-order chi connectivity index (χ0) is 13.1. The molecule has 0 heterocycles. The summed E-state index contributed by atoms with van der Waals surface area (Å²) in [6.45, 7) is 0. The molecule has 18 heavy (non-hydrogen) atoms. The van der Waals surface area contributed by atoms with E-state index in [1.807, 2.05) is 0 Å². The molecule has 0 saturated heterocycles. The van der Waals surface area contributed by atoms with Gasteiger partial charge in [0.15, 0.2) is 0 Å². The summed E-state index contributed by atoms with van der Waals surface area (Å²) in [5.74, 6) is -0.604. The topological polar surface area (TPSA) is 46.3 Å². The molecule has 0 aliphatic carbocycles. The number of hydrogen-bond donors (Lipinski definition) is 1. The summed E-state index contributed by atoms with van der Waals surface area (Å²) in [6, 6.07) is 12.6. The van der Waals surface area contributed by atoms with E-state index in [1.165, 1.54) is 17.0 Å². The molecule has 0 unspecified atom stereocenters. The van der Waals surface area contributed by atoms with Crippen molar-refractivity contribution in [3.63, 3.8) is 0 Å². The van der Waals surface area contributed by atoms with Crippen molar-refractivity contribution < 1.29 is 9.18 Å². The van der Waals surface area contributed by atoms with Crippen molar-refractivity contribution in [2.75, 3.05) is 17.7 Å². The van der Waals surface area contributed by atoms with Gasteiger partial charge in [-0.15, -0.1) is 0 Å². The molecule has 0 atom stereocenters. The minimum atomic E-state index is -0.375. The molecule has 0 spiro atoms. The van der Waals surface area contributed by atoms with E-state index in [0.29, 0.717) is 16.9 Å². The Kier molecular flexibility index (Phi) is 3.28. The first kappa shape index (κ1) is 12.1. The minimum Gasteiger partial charge on any atom is -0.399 e. The number of nitrogens with two attached hydrogens (primary N) is 1. The molecule has 0 aliphatic heterocycles. The van der Waals surface area contributed by atoms with Gasteiger partial charge in [-0.3, -0.25) is 4.79 Å². The van der Waals surface area contributed by atoms with Gasteiger partial charge in [-0.25, -0.2) is 4.39 Å². The fraction of sp³-hybridized carbons (Fsp3) is 0.0714. The third-order valence-electron chi connectivity index (χ3n) is 2.63. The summed E-state index contributed by atoms with van der Waals surface area (Å²) in [7, 11) is 1.60. The monoisotopic (exact) mass is 244 g/mol. The molecule has 3 nitrogen and oxygen atoms in total. The van der Waals surface area contributed by atoms with Crippen LogP contribution in [-0.2, 0) is 0 Å². The van der Waals surface area contributed by atoms with Gasteiger partial charge < -0.3 is 10.6 Å². The van der Waals surface area contributed by atoms with E-state index in [1.54, 1.807) is 43.4 Å². The van der Waals surface area contributed by atoms with Gasteiger partial charge in [0.2, 0.25) is 0 Å². The van der Waals surface area contributed by atoms with Gasteiger partial charge in [0.05, 0.1) is 0 Å². The van der Waals surface area contributed by atoms with Crippen molar-refractivity contribution >= 4 is 17.3 Å². The third-order valence-corrected chi connectivity index (χ3v) is 2.63. The molecule has 0 saturated carbocycles. The zero-order valence-corrected chi connectivity index (χ0v) is 9.93. The fourth-order valence-corrected chi connectivity index (χ4v) is 1.67. The fourth-order valence-electron chi connectivity index (χ4n) is 1.67. The van der Waals surface area contributed by atoms with Crippen LogP contribution in [0.15, 0.2) is 48.5 Å². The molecule has 0 radical (unpaired) electrons. The van der Waals surface area contributed by atoms with Crippen molar-refractivity contribution in [1.29, 1.82) is 0 Å². The van der Waals surface area contributed by atoms with E-state index in [9.17, 15) is 9.18 Å². The maximum absolute atomic E-state index is 13.1. The van der Waals surface area contributed by atoms with Crippen LogP contribution in [0.4, 0.5) is 15.8 Å². The average Bonchev–Trinajstić information content (AvgIpc) is 2.37. The molecular weight excluding hydrogens is 231 g/mol. The lowest BCUT2D eigenvalue weighted by molar-refractivity contribution is 0.0993. The van der Waals surface area contributed by atoms with Crippen molar-refractivity contribution in [3.05, 3.63) is 59.9 Å². The number of benzene rings is 2. The summed E-state index contributed by atoms with van der Waals surface area (Å²) >= 11 is 0. The van der Waals surface area contributed by atoms with Crippen LogP contribution in [0, 0.1) is 5.82 Å². The second-order valence-corrected chi connectivity index (χ2v) is 3.97. The summed E-state index contributed by atoms with van der Waals surface area (Å²) in [5, 5.41) is 0. The first-order valence-corrected chi connectivity index (χ1v) is 5.47. The van der Waals surface area contributed by atoms with Crippen LogP contribution >= 0.6 is 0 Å². The van der Waals surface area contributed by atoms with Gasteiger partial charge in [0, 0.05) is 24.0 Å². The molecule has 2 rings (SSSR count). The first-order chi connectivity index (χ1) is 8.58. The van der Waals surface area contributed by atoms with Crippen molar-refractivity contribution in [3.8, 4) is 0 Å². The minimum absolute atomic E-state index is 0.229. The van der Waals surface area contributed by atoms with Crippen LogP contribution in [-0.4, -0.2) is 13.0 Å². The number of carbonyl (C=O) groups is 1. The number of carbonyl (C=O) groups excluding carboxylic acids is 1. The highest BCUT2D eigenvalue weighted by Gasteiger charge is 2.13. The van der Waals surface area contributed by atoms with Gasteiger partial charge in [-0.1, -0.05) is 12.1 Å². The van der Waals surface area contributed by atoms with Gasteiger partial charge >= 0.3 is 0 Å². The maximum Gasteiger partial charge on any atom is 0.258 e. The smallest absolute Gasteiger partial charge is 0.258 e. The number of nitrogen functional groups attached to an aromatic ring is 1. The zero-order valence-electron chi connectivity index (χ0n) is 9.93. The van der Waals surface area contributed by atoms with E-state index < -0.39 is 0 Å². The lowest BCUT2D eigenvalue weighted by Gasteiger charge is -2.17. The lowest BCUT2D eigenvalue weighted by atomic mass is 10.1. The summed E-state index contributed by atoms with van der Waals surface area (Å²) in [6.07, 6.45) is 0. The van der Waals surface area contributed by atoms with E-state index in [0.717, 1.165) is 0 Å². The highest BCUT2D eigenvalue weighted by molar-refractivity contribution is 6.06. The number of amides is 1. The standard InChI is InChI=1S/C14H13FN2O/c1-17(13-7-3-5-11(15)9-13)14(18)10-4-2-6-12(16)8-10/h2-9H,16H2,1H3. The molecule has 2 N–H and O–H groups in total. The second-order valence-electron chi connectivity index (χ2n) is 3.97. The van der Waals surface area contributed by atoms with Crippen LogP contribution in [0.1, 0.15) is 10.4 Å². The predicted octanol–water partition coefficient (Wildman–Crippen LogP) is 2.68. The molecule has 2 aromatic carbocycles. The summed E-state index contributed by atoms with van der Waals surface area (Å²) in [4.78, 5) is 13.5. The molecule has 92 valence electrons. The molecule has 4 heteroatoms. The molecule has 2 aromatic rings. The summed E-state index contributed by atoms with van der Waals surface area (Å²) in [5.41, 5.74) is 7.13. The molecule has 0 aliphatic rings. The van der Waals surface area contributed by atoms with Crippen LogP contribution in [0.2, 0.25) is 0 Å². The molecule has 0 fully saturated rings. The average molecular weight is 244 g/mol. The largest absolute Gasteiger partial charge is 0.399 e. The Morgan fingerprint density at radius 1 is 1.17 bits per heavy atom. The summed E-state index contributed by atoms with van der Waals surface area (Å²) < 4.78 is 13.1. The number of nitrogens with zero attached hydrogens (tertiary/aromatic N) is 1. The van der Waals surface area contributed by atoms with Crippen LogP contribution in [0.25, 0.3) is 0 Å². The SMILES string of the molecule is CN(C(=O)c1cccc(N)c1)c1cccc(F)c1. The van der Waals surface area contributed by atoms with Crippen molar-refractivity contribution in [2.45, 2.75) is 0 Å². The Balaban J connectivity index is 2.29. The normalized spacial score (nSPS) is 10.1. The Bertz CT molecular complexity index is 584. The van der Waals surface area contributed by atoms with Crippen LogP contribution in [0.3, 0.4) is 0 Å². The highest BCUT2D eigenvalue weighted by atomic mass is 19.1. The van der Waals surface area contributed by atoms with Crippen LogP contribution < -0.4 is 10.6 Å². The van der Waals surface area contributed by atoms with Crippen molar-refractivity contribution in [1.82, 2.24) is 0 Å². The lowest BCUT2D eigenvalue weighted by Crippen LogP contribution is -2.26. The maximum atomic E-state index is 13.1. The molecule has 1 amide bonds. The van der Waals surface area contributed by atoms with Gasteiger partial charge in [-0.2, -0.15) is 0 Å². The quantitative estimate of drug-likeness (QED) is 0.825. The van der Waals surface area contributed by atoms with Crippen LogP contribution in [0.5, 0.6) is 0 Å². The van der Waals surface area contributed by atoms with Gasteiger partial charge in [-0.05, 0) is 36.4 Å². The van der Waals surface area contributed by atoms with Gasteiger partial charge in [0.25, 0.3) is 5.91 Å². The Labute approximate surface area is 105 Å². The highest BCUT2D eigenvalue weighted by Crippen LogP contribution is 2.17. The first-order valence-electron chi connectivity index (χ1n) is 5.47. The van der Waals surface area contributed by atoms with Gasteiger partial charge in [0.1, 0.15) is 5.82 Å². The molecule has 0 bridgehead atoms. The Hall–Kier alpha value is -2.36. The van der Waals surface area contributed by atoms with E-state index in [2.05, 4.69) is 0 Å². The number of halogens is 1. The predicted molar refractivity (Wildman–Crippen MR) is 70.0 cm³/mol. The Morgan fingerprint density at radius 2 is 1.89 bits per heavy atom. The number of anilines is 2. The number of rotatable bonds is 2.